The maximum atomic E-state index is 3.75. The van der Waals surface area contributed by atoms with Crippen LogP contribution in [0.15, 0.2) is 11.6 Å². The molecule has 0 radical (unpaired) electrons. The highest BCUT2D eigenvalue weighted by molar-refractivity contribution is 8.00. The highest BCUT2D eigenvalue weighted by Crippen LogP contribution is 2.33. The van der Waals surface area contributed by atoms with Crippen molar-refractivity contribution in [3.8, 4) is 0 Å². The van der Waals surface area contributed by atoms with Gasteiger partial charge in [0.15, 0.2) is 0 Å². The molecule has 2 aliphatic rings. The second-order valence-corrected chi connectivity index (χ2v) is 6.67. The molecule has 2 rings (SSSR count). The summed E-state index contributed by atoms with van der Waals surface area (Å²) in [5.41, 5.74) is 1.73. The van der Waals surface area contributed by atoms with Gasteiger partial charge in [0.2, 0.25) is 0 Å². The van der Waals surface area contributed by atoms with Gasteiger partial charge in [-0.25, -0.2) is 0 Å². The minimum Gasteiger partial charge on any atom is -0.310 e. The van der Waals surface area contributed by atoms with Crippen molar-refractivity contribution in [2.45, 2.75) is 69.6 Å². The number of hydrogen-bond acceptors (Lipinski definition) is 2. The third-order valence-electron chi connectivity index (χ3n) is 3.99. The standard InChI is InChI=1S/C15H27NS/c1-2-16-15(14-11-8-12-17-14)13-9-6-4-3-5-7-10-13/h9,14-16H,2-8,10-12H2,1H3. The molecule has 2 atom stereocenters. The van der Waals surface area contributed by atoms with Gasteiger partial charge >= 0.3 is 0 Å². The van der Waals surface area contributed by atoms with E-state index in [1.54, 1.807) is 5.57 Å². The normalized spacial score (nSPS) is 28.3. The Morgan fingerprint density at radius 1 is 1.29 bits per heavy atom. The van der Waals surface area contributed by atoms with E-state index >= 15 is 0 Å². The van der Waals surface area contributed by atoms with Crippen LogP contribution in [0, 0.1) is 0 Å². The van der Waals surface area contributed by atoms with Crippen LogP contribution < -0.4 is 5.32 Å². The van der Waals surface area contributed by atoms with Crippen molar-refractivity contribution in [2.24, 2.45) is 0 Å². The van der Waals surface area contributed by atoms with Crippen LogP contribution in [-0.4, -0.2) is 23.6 Å². The Morgan fingerprint density at radius 3 is 2.94 bits per heavy atom. The van der Waals surface area contributed by atoms with Gasteiger partial charge in [-0.05, 0) is 50.8 Å². The Balaban J connectivity index is 2.01. The van der Waals surface area contributed by atoms with Crippen molar-refractivity contribution in [2.75, 3.05) is 12.3 Å². The maximum Gasteiger partial charge on any atom is 0.0399 e. The first-order valence-corrected chi connectivity index (χ1v) is 8.50. The molecule has 0 aromatic rings. The van der Waals surface area contributed by atoms with E-state index in [1.807, 2.05) is 0 Å². The summed E-state index contributed by atoms with van der Waals surface area (Å²) in [5.74, 6) is 1.37. The van der Waals surface area contributed by atoms with Crippen LogP contribution in [0.3, 0.4) is 0 Å². The fourth-order valence-corrected chi connectivity index (χ4v) is 4.52. The van der Waals surface area contributed by atoms with Crippen molar-refractivity contribution >= 4 is 11.8 Å². The average molecular weight is 253 g/mol. The van der Waals surface area contributed by atoms with Gasteiger partial charge < -0.3 is 5.32 Å². The first kappa shape index (κ1) is 13.5. The molecule has 1 heterocycles. The molecular formula is C15H27NS. The first-order valence-electron chi connectivity index (χ1n) is 7.45. The molecule has 1 nitrogen and oxygen atoms in total. The van der Waals surface area contributed by atoms with E-state index in [1.165, 1.54) is 57.1 Å². The molecule has 0 spiro atoms. The number of allylic oxidation sites excluding steroid dienone is 1. The Bertz CT molecular complexity index is 243. The highest BCUT2D eigenvalue weighted by atomic mass is 32.2. The number of likely N-dealkylation sites (N-methyl/N-ethyl adjacent to an activating group) is 1. The molecule has 0 amide bonds. The van der Waals surface area contributed by atoms with Crippen LogP contribution in [0.5, 0.6) is 0 Å². The van der Waals surface area contributed by atoms with E-state index in [4.69, 9.17) is 0 Å². The van der Waals surface area contributed by atoms with Gasteiger partial charge in [-0.2, -0.15) is 11.8 Å². The molecule has 2 unspecified atom stereocenters. The monoisotopic (exact) mass is 253 g/mol. The summed E-state index contributed by atoms with van der Waals surface area (Å²) < 4.78 is 0. The molecule has 0 saturated carbocycles. The molecule has 2 heteroatoms. The Morgan fingerprint density at radius 2 is 2.18 bits per heavy atom. The first-order chi connectivity index (χ1) is 8.42. The largest absolute Gasteiger partial charge is 0.310 e. The van der Waals surface area contributed by atoms with E-state index in [0.29, 0.717) is 6.04 Å². The molecule has 17 heavy (non-hydrogen) atoms. The summed E-state index contributed by atoms with van der Waals surface area (Å²) in [4.78, 5) is 0. The van der Waals surface area contributed by atoms with E-state index < -0.39 is 0 Å². The lowest BCUT2D eigenvalue weighted by atomic mass is 9.92. The summed E-state index contributed by atoms with van der Waals surface area (Å²) in [6, 6.07) is 0.672. The number of hydrogen-bond donors (Lipinski definition) is 1. The number of nitrogens with one attached hydrogen (secondary N) is 1. The minimum atomic E-state index is 0.672. The summed E-state index contributed by atoms with van der Waals surface area (Å²) in [5, 5.41) is 4.60. The fourth-order valence-electron chi connectivity index (χ4n) is 3.09. The molecule has 1 aliphatic carbocycles. The minimum absolute atomic E-state index is 0.672. The Hall–Kier alpha value is 0.0500. The Kier molecular flexibility index (Phi) is 5.93. The van der Waals surface area contributed by atoms with E-state index in [-0.39, 0.29) is 0 Å². The summed E-state index contributed by atoms with van der Waals surface area (Å²) >= 11 is 2.19. The third kappa shape index (κ3) is 4.03. The van der Waals surface area contributed by atoms with Gasteiger partial charge in [0.25, 0.3) is 0 Å². The van der Waals surface area contributed by atoms with Gasteiger partial charge in [-0.3, -0.25) is 0 Å². The molecule has 1 saturated heterocycles. The van der Waals surface area contributed by atoms with Gasteiger partial charge in [0.1, 0.15) is 0 Å². The third-order valence-corrected chi connectivity index (χ3v) is 5.45. The molecular weight excluding hydrogens is 226 g/mol. The van der Waals surface area contributed by atoms with E-state index in [9.17, 15) is 0 Å². The summed E-state index contributed by atoms with van der Waals surface area (Å²) in [6.45, 7) is 3.36. The second kappa shape index (κ2) is 7.48. The maximum absolute atomic E-state index is 3.75. The molecule has 1 aliphatic heterocycles. The smallest absolute Gasteiger partial charge is 0.0399 e. The zero-order valence-corrected chi connectivity index (χ0v) is 12.0. The number of thioether (sulfide) groups is 1. The summed E-state index contributed by atoms with van der Waals surface area (Å²) in [6.07, 6.45) is 13.7. The molecule has 0 bridgehead atoms. The van der Waals surface area contributed by atoms with Crippen LogP contribution in [0.4, 0.5) is 0 Å². The average Bonchev–Trinajstić information content (AvgIpc) is 2.79. The SMILES string of the molecule is CCNC(C1=CCCCCCC1)C1CCCS1. The van der Waals surface area contributed by atoms with Crippen molar-refractivity contribution in [1.29, 1.82) is 0 Å². The summed E-state index contributed by atoms with van der Waals surface area (Å²) in [7, 11) is 0. The molecule has 1 fully saturated rings. The van der Waals surface area contributed by atoms with Crippen LogP contribution in [0.2, 0.25) is 0 Å². The number of rotatable bonds is 4. The van der Waals surface area contributed by atoms with Crippen molar-refractivity contribution in [3.63, 3.8) is 0 Å². The van der Waals surface area contributed by atoms with Crippen LogP contribution >= 0.6 is 11.8 Å². The van der Waals surface area contributed by atoms with Gasteiger partial charge in [-0.1, -0.05) is 31.4 Å². The lowest BCUT2D eigenvalue weighted by molar-refractivity contribution is 0.515. The van der Waals surface area contributed by atoms with Crippen LogP contribution in [0.25, 0.3) is 0 Å². The van der Waals surface area contributed by atoms with Crippen LogP contribution in [-0.2, 0) is 0 Å². The van der Waals surface area contributed by atoms with Gasteiger partial charge in [0.05, 0.1) is 0 Å². The van der Waals surface area contributed by atoms with E-state index in [2.05, 4.69) is 30.1 Å². The van der Waals surface area contributed by atoms with E-state index in [0.717, 1.165) is 11.8 Å². The highest BCUT2D eigenvalue weighted by Gasteiger charge is 2.27. The molecule has 0 aromatic heterocycles. The van der Waals surface area contributed by atoms with Gasteiger partial charge in [0, 0.05) is 11.3 Å². The van der Waals surface area contributed by atoms with Crippen molar-refractivity contribution in [1.82, 2.24) is 5.32 Å². The lowest BCUT2D eigenvalue weighted by Gasteiger charge is -2.27. The molecule has 98 valence electrons. The predicted molar refractivity (Wildman–Crippen MR) is 78.7 cm³/mol. The lowest BCUT2D eigenvalue weighted by Crippen LogP contribution is -2.39. The second-order valence-electron chi connectivity index (χ2n) is 5.32. The zero-order valence-electron chi connectivity index (χ0n) is 11.2. The quantitative estimate of drug-likeness (QED) is 0.756. The van der Waals surface area contributed by atoms with Crippen LogP contribution in [0.1, 0.15) is 58.3 Å². The molecule has 1 N–H and O–H groups in total. The Labute approximate surface area is 111 Å². The predicted octanol–water partition coefficient (Wildman–Crippen LogP) is 4.14. The van der Waals surface area contributed by atoms with Crippen molar-refractivity contribution in [3.05, 3.63) is 11.6 Å². The van der Waals surface area contributed by atoms with Gasteiger partial charge in [-0.15, -0.1) is 0 Å². The van der Waals surface area contributed by atoms with Crippen molar-refractivity contribution < 1.29 is 0 Å². The fraction of sp³-hybridized carbons (Fsp3) is 0.867. The molecule has 0 aromatic carbocycles. The topological polar surface area (TPSA) is 12.0 Å². The zero-order chi connectivity index (χ0) is 11.9.